The number of carbonyl (C=O) groups excluding carboxylic acids is 2. The van der Waals surface area contributed by atoms with Gasteiger partial charge in [-0.15, -0.1) is 13.2 Å². The molecule has 0 fully saturated rings. The van der Waals surface area contributed by atoms with Crippen LogP contribution < -0.4 is 15.6 Å². The summed E-state index contributed by atoms with van der Waals surface area (Å²) >= 11 is 0. The van der Waals surface area contributed by atoms with Gasteiger partial charge in [0, 0.05) is 18.8 Å². The SMILES string of the molecule is O=C(CCc1ccccc1OC(F)(F)F)NNC(=O)c1cccnc1. The van der Waals surface area contributed by atoms with E-state index in [0.29, 0.717) is 0 Å². The van der Waals surface area contributed by atoms with E-state index in [2.05, 4.69) is 20.6 Å². The average Bonchev–Trinajstić information content (AvgIpc) is 2.58. The van der Waals surface area contributed by atoms with Crippen LogP contribution in [-0.4, -0.2) is 23.2 Å². The molecule has 0 saturated carbocycles. The summed E-state index contributed by atoms with van der Waals surface area (Å²) in [5.74, 6) is -1.47. The van der Waals surface area contributed by atoms with Crippen molar-refractivity contribution in [3.05, 3.63) is 59.9 Å². The highest BCUT2D eigenvalue weighted by Gasteiger charge is 2.31. The molecule has 1 heterocycles. The first-order chi connectivity index (χ1) is 11.8. The summed E-state index contributed by atoms with van der Waals surface area (Å²) < 4.78 is 40.9. The van der Waals surface area contributed by atoms with Crippen molar-refractivity contribution >= 4 is 11.8 Å². The number of aromatic nitrogens is 1. The lowest BCUT2D eigenvalue weighted by atomic mass is 10.1. The Kier molecular flexibility index (Phi) is 5.93. The average molecular weight is 353 g/mol. The number of ether oxygens (including phenoxy) is 1. The molecule has 0 atom stereocenters. The van der Waals surface area contributed by atoms with Gasteiger partial charge in [0.15, 0.2) is 0 Å². The first kappa shape index (κ1) is 18.2. The minimum absolute atomic E-state index is 0.0147. The van der Waals surface area contributed by atoms with E-state index in [9.17, 15) is 22.8 Å². The predicted molar refractivity (Wildman–Crippen MR) is 81.3 cm³/mol. The maximum atomic E-state index is 12.3. The number of nitrogens with one attached hydrogen (secondary N) is 2. The molecular formula is C16H14F3N3O3. The van der Waals surface area contributed by atoms with Crippen molar-refractivity contribution in [1.29, 1.82) is 0 Å². The van der Waals surface area contributed by atoms with Crippen LogP contribution >= 0.6 is 0 Å². The van der Waals surface area contributed by atoms with Gasteiger partial charge in [-0.1, -0.05) is 18.2 Å². The minimum Gasteiger partial charge on any atom is -0.406 e. The van der Waals surface area contributed by atoms with Gasteiger partial charge >= 0.3 is 6.36 Å². The van der Waals surface area contributed by atoms with Crippen molar-refractivity contribution in [3.63, 3.8) is 0 Å². The van der Waals surface area contributed by atoms with E-state index in [-0.39, 0.29) is 29.7 Å². The zero-order valence-corrected chi connectivity index (χ0v) is 12.8. The van der Waals surface area contributed by atoms with Crippen LogP contribution in [0.15, 0.2) is 48.8 Å². The van der Waals surface area contributed by atoms with Gasteiger partial charge in [-0.05, 0) is 30.2 Å². The molecule has 6 nitrogen and oxygen atoms in total. The summed E-state index contributed by atoms with van der Waals surface area (Å²) in [7, 11) is 0. The number of rotatable bonds is 5. The Bertz CT molecular complexity index is 736. The highest BCUT2D eigenvalue weighted by Crippen LogP contribution is 2.26. The Balaban J connectivity index is 1.85. The summed E-state index contributed by atoms with van der Waals surface area (Å²) in [6, 6.07) is 8.63. The largest absolute Gasteiger partial charge is 0.573 e. The number of hydrogen-bond acceptors (Lipinski definition) is 4. The molecule has 2 aromatic rings. The molecule has 0 aliphatic rings. The molecule has 0 aliphatic heterocycles. The molecular weight excluding hydrogens is 339 g/mol. The van der Waals surface area contributed by atoms with E-state index in [1.165, 1.54) is 36.7 Å². The van der Waals surface area contributed by atoms with Crippen LogP contribution in [0.1, 0.15) is 22.3 Å². The molecule has 0 saturated heterocycles. The number of aryl methyl sites for hydroxylation is 1. The molecule has 1 aromatic heterocycles. The summed E-state index contributed by atoms with van der Waals surface area (Å²) in [6.45, 7) is 0. The molecule has 132 valence electrons. The first-order valence-corrected chi connectivity index (χ1v) is 7.18. The predicted octanol–water partition coefficient (Wildman–Crippen LogP) is 2.37. The Labute approximate surface area is 141 Å². The standard InChI is InChI=1S/C16H14F3N3O3/c17-16(18,19)25-13-6-2-1-4-11(13)7-8-14(23)21-22-15(24)12-5-3-9-20-10-12/h1-6,9-10H,7-8H2,(H,21,23)(H,22,24). The molecule has 2 amide bonds. The summed E-state index contributed by atoms with van der Waals surface area (Å²) in [5, 5.41) is 0. The minimum atomic E-state index is -4.81. The van der Waals surface area contributed by atoms with Gasteiger partial charge in [0.1, 0.15) is 5.75 Å². The van der Waals surface area contributed by atoms with Crippen molar-refractivity contribution in [2.24, 2.45) is 0 Å². The molecule has 25 heavy (non-hydrogen) atoms. The number of pyridine rings is 1. The Hall–Kier alpha value is -3.10. The summed E-state index contributed by atoms with van der Waals surface area (Å²) in [6.07, 6.45) is -2.11. The van der Waals surface area contributed by atoms with Crippen LogP contribution in [0.25, 0.3) is 0 Å². The molecule has 2 N–H and O–H groups in total. The zero-order chi connectivity index (χ0) is 18.3. The van der Waals surface area contributed by atoms with Gasteiger partial charge in [-0.2, -0.15) is 0 Å². The van der Waals surface area contributed by atoms with Crippen molar-refractivity contribution in [2.45, 2.75) is 19.2 Å². The number of hydrazine groups is 1. The third-order valence-corrected chi connectivity index (χ3v) is 3.06. The molecule has 2 rings (SSSR count). The lowest BCUT2D eigenvalue weighted by molar-refractivity contribution is -0.274. The summed E-state index contributed by atoms with van der Waals surface area (Å²) in [5.41, 5.74) is 4.87. The lowest BCUT2D eigenvalue weighted by Gasteiger charge is -2.13. The Morgan fingerprint density at radius 3 is 2.52 bits per heavy atom. The molecule has 0 bridgehead atoms. The van der Waals surface area contributed by atoms with Crippen LogP contribution in [0, 0.1) is 0 Å². The quantitative estimate of drug-likeness (QED) is 0.809. The van der Waals surface area contributed by atoms with Crippen molar-refractivity contribution < 1.29 is 27.5 Å². The van der Waals surface area contributed by atoms with Crippen LogP contribution in [0.3, 0.4) is 0 Å². The van der Waals surface area contributed by atoms with Crippen molar-refractivity contribution in [3.8, 4) is 5.75 Å². The fraction of sp³-hybridized carbons (Fsp3) is 0.188. The van der Waals surface area contributed by atoms with Crippen LogP contribution in [-0.2, 0) is 11.2 Å². The van der Waals surface area contributed by atoms with Gasteiger partial charge < -0.3 is 4.74 Å². The number of halogens is 3. The van der Waals surface area contributed by atoms with E-state index >= 15 is 0 Å². The van der Waals surface area contributed by atoms with Gasteiger partial charge in [-0.3, -0.25) is 25.4 Å². The third-order valence-electron chi connectivity index (χ3n) is 3.06. The lowest BCUT2D eigenvalue weighted by Crippen LogP contribution is -2.41. The number of benzene rings is 1. The highest BCUT2D eigenvalue weighted by atomic mass is 19.4. The fourth-order valence-electron chi connectivity index (χ4n) is 1.94. The van der Waals surface area contributed by atoms with Crippen LogP contribution in [0.5, 0.6) is 5.75 Å². The van der Waals surface area contributed by atoms with Crippen LogP contribution in [0.4, 0.5) is 13.2 Å². The summed E-state index contributed by atoms with van der Waals surface area (Å²) in [4.78, 5) is 27.2. The van der Waals surface area contributed by atoms with E-state index in [0.717, 1.165) is 0 Å². The number of carbonyl (C=O) groups is 2. The van der Waals surface area contributed by atoms with E-state index in [1.807, 2.05) is 0 Å². The topological polar surface area (TPSA) is 80.3 Å². The molecule has 0 unspecified atom stereocenters. The molecule has 0 spiro atoms. The Morgan fingerprint density at radius 2 is 1.84 bits per heavy atom. The second-order valence-corrected chi connectivity index (χ2v) is 4.90. The molecule has 0 aliphatic carbocycles. The zero-order valence-electron chi connectivity index (χ0n) is 12.8. The number of para-hydroxylation sites is 1. The number of hydrogen-bond donors (Lipinski definition) is 2. The maximum absolute atomic E-state index is 12.3. The van der Waals surface area contributed by atoms with E-state index in [1.54, 1.807) is 12.1 Å². The second kappa shape index (κ2) is 8.13. The second-order valence-electron chi connectivity index (χ2n) is 4.90. The van der Waals surface area contributed by atoms with Crippen LogP contribution in [0.2, 0.25) is 0 Å². The van der Waals surface area contributed by atoms with Gasteiger partial charge in [0.2, 0.25) is 5.91 Å². The van der Waals surface area contributed by atoms with Crippen molar-refractivity contribution in [2.75, 3.05) is 0 Å². The normalized spacial score (nSPS) is 10.8. The molecule has 9 heteroatoms. The van der Waals surface area contributed by atoms with E-state index in [4.69, 9.17) is 0 Å². The van der Waals surface area contributed by atoms with E-state index < -0.39 is 18.2 Å². The number of nitrogens with zero attached hydrogens (tertiary/aromatic N) is 1. The fourth-order valence-corrected chi connectivity index (χ4v) is 1.94. The van der Waals surface area contributed by atoms with Gasteiger partial charge in [0.05, 0.1) is 5.56 Å². The highest BCUT2D eigenvalue weighted by molar-refractivity contribution is 5.95. The third kappa shape index (κ3) is 6.13. The maximum Gasteiger partial charge on any atom is 0.573 e. The van der Waals surface area contributed by atoms with Crippen molar-refractivity contribution in [1.82, 2.24) is 15.8 Å². The van der Waals surface area contributed by atoms with Gasteiger partial charge in [0.25, 0.3) is 5.91 Å². The molecule has 1 aromatic carbocycles. The Morgan fingerprint density at radius 1 is 1.08 bits per heavy atom. The number of amides is 2. The van der Waals surface area contributed by atoms with Gasteiger partial charge in [-0.25, -0.2) is 0 Å². The molecule has 0 radical (unpaired) electrons. The smallest absolute Gasteiger partial charge is 0.406 e. The number of alkyl halides is 3. The monoisotopic (exact) mass is 353 g/mol. The first-order valence-electron chi connectivity index (χ1n) is 7.18.